The first-order valence-electron chi connectivity index (χ1n) is 6.63. The SMILES string of the molecule is CCc1ccc(S(=O)(=O)NCCC(C)C)cc1CO. The van der Waals surface area contributed by atoms with Gasteiger partial charge in [-0.1, -0.05) is 26.8 Å². The van der Waals surface area contributed by atoms with E-state index in [9.17, 15) is 13.5 Å². The molecule has 0 aliphatic heterocycles. The molecule has 108 valence electrons. The maximum absolute atomic E-state index is 12.1. The summed E-state index contributed by atoms with van der Waals surface area (Å²) in [6.07, 6.45) is 1.58. The maximum atomic E-state index is 12.1. The number of aliphatic hydroxyl groups is 1. The van der Waals surface area contributed by atoms with Gasteiger partial charge in [0.15, 0.2) is 0 Å². The molecule has 1 aromatic rings. The normalized spacial score (nSPS) is 12.1. The van der Waals surface area contributed by atoms with Crippen molar-refractivity contribution in [3.63, 3.8) is 0 Å². The molecule has 0 heterocycles. The molecule has 5 heteroatoms. The molecule has 0 saturated heterocycles. The summed E-state index contributed by atoms with van der Waals surface area (Å²) in [7, 11) is -3.47. The lowest BCUT2D eigenvalue weighted by Crippen LogP contribution is -2.25. The second kappa shape index (κ2) is 7.03. The Labute approximate surface area is 115 Å². The molecule has 0 saturated carbocycles. The zero-order valence-electron chi connectivity index (χ0n) is 11.8. The summed E-state index contributed by atoms with van der Waals surface area (Å²) < 4.78 is 26.8. The number of aryl methyl sites for hydroxylation is 1. The van der Waals surface area contributed by atoms with E-state index in [1.54, 1.807) is 18.2 Å². The third-order valence-electron chi connectivity index (χ3n) is 3.05. The second-order valence-corrected chi connectivity index (χ2v) is 6.79. The Hall–Kier alpha value is -0.910. The van der Waals surface area contributed by atoms with Gasteiger partial charge in [-0.3, -0.25) is 0 Å². The first-order valence-corrected chi connectivity index (χ1v) is 8.11. The lowest BCUT2D eigenvalue weighted by Gasteiger charge is -2.11. The molecular weight excluding hydrogens is 262 g/mol. The maximum Gasteiger partial charge on any atom is 0.240 e. The Balaban J connectivity index is 2.89. The van der Waals surface area contributed by atoms with Gasteiger partial charge >= 0.3 is 0 Å². The van der Waals surface area contributed by atoms with Crippen LogP contribution in [0.3, 0.4) is 0 Å². The topological polar surface area (TPSA) is 66.4 Å². The van der Waals surface area contributed by atoms with E-state index >= 15 is 0 Å². The molecule has 0 atom stereocenters. The van der Waals surface area contributed by atoms with E-state index in [1.807, 2.05) is 20.8 Å². The van der Waals surface area contributed by atoms with Gasteiger partial charge in [0, 0.05) is 6.54 Å². The Morgan fingerprint density at radius 3 is 2.47 bits per heavy atom. The first-order chi connectivity index (χ1) is 8.90. The Kier molecular flexibility index (Phi) is 5.97. The molecule has 0 aliphatic rings. The largest absolute Gasteiger partial charge is 0.392 e. The molecule has 0 unspecified atom stereocenters. The molecule has 1 rings (SSSR count). The summed E-state index contributed by atoms with van der Waals surface area (Å²) >= 11 is 0. The van der Waals surface area contributed by atoms with Crippen LogP contribution in [0.1, 0.15) is 38.3 Å². The van der Waals surface area contributed by atoms with Crippen molar-refractivity contribution in [3.05, 3.63) is 29.3 Å². The van der Waals surface area contributed by atoms with Crippen LogP contribution in [-0.4, -0.2) is 20.1 Å². The van der Waals surface area contributed by atoms with Crippen LogP contribution >= 0.6 is 0 Å². The molecule has 0 fully saturated rings. The summed E-state index contributed by atoms with van der Waals surface area (Å²) in [5, 5.41) is 9.27. The molecule has 19 heavy (non-hydrogen) atoms. The van der Waals surface area contributed by atoms with Crippen LogP contribution < -0.4 is 4.72 Å². The Morgan fingerprint density at radius 1 is 1.26 bits per heavy atom. The average Bonchev–Trinajstić information content (AvgIpc) is 2.37. The Morgan fingerprint density at radius 2 is 1.95 bits per heavy atom. The molecule has 1 aromatic carbocycles. The van der Waals surface area contributed by atoms with Gasteiger partial charge in [-0.05, 0) is 42.0 Å². The van der Waals surface area contributed by atoms with Crippen molar-refractivity contribution < 1.29 is 13.5 Å². The molecule has 4 nitrogen and oxygen atoms in total. The van der Waals surface area contributed by atoms with E-state index in [0.29, 0.717) is 18.0 Å². The fraction of sp³-hybridized carbons (Fsp3) is 0.571. The number of benzene rings is 1. The minimum atomic E-state index is -3.47. The average molecular weight is 285 g/mol. The number of nitrogens with one attached hydrogen (secondary N) is 1. The van der Waals surface area contributed by atoms with Crippen LogP contribution in [0.5, 0.6) is 0 Å². The second-order valence-electron chi connectivity index (χ2n) is 5.02. The van der Waals surface area contributed by atoms with Gasteiger partial charge in [0.05, 0.1) is 11.5 Å². The number of hydrogen-bond acceptors (Lipinski definition) is 3. The molecule has 0 bridgehead atoms. The number of sulfonamides is 1. The zero-order chi connectivity index (χ0) is 14.5. The van der Waals surface area contributed by atoms with Crippen molar-refractivity contribution in [2.24, 2.45) is 5.92 Å². The van der Waals surface area contributed by atoms with Gasteiger partial charge in [-0.15, -0.1) is 0 Å². The zero-order valence-corrected chi connectivity index (χ0v) is 12.6. The van der Waals surface area contributed by atoms with E-state index < -0.39 is 10.0 Å². The quantitative estimate of drug-likeness (QED) is 0.806. The lowest BCUT2D eigenvalue weighted by atomic mass is 10.1. The molecule has 2 N–H and O–H groups in total. The predicted molar refractivity (Wildman–Crippen MR) is 76.4 cm³/mol. The highest BCUT2D eigenvalue weighted by Gasteiger charge is 2.15. The van der Waals surface area contributed by atoms with Crippen LogP contribution in [0.25, 0.3) is 0 Å². The highest BCUT2D eigenvalue weighted by atomic mass is 32.2. The molecule has 0 amide bonds. The minimum Gasteiger partial charge on any atom is -0.392 e. The van der Waals surface area contributed by atoms with Crippen molar-refractivity contribution in [2.45, 2.75) is 45.1 Å². The van der Waals surface area contributed by atoms with Gasteiger partial charge < -0.3 is 5.11 Å². The van der Waals surface area contributed by atoms with E-state index in [2.05, 4.69) is 4.72 Å². The molecular formula is C14H23NO3S. The summed E-state index contributed by atoms with van der Waals surface area (Å²) in [6, 6.07) is 4.91. The van der Waals surface area contributed by atoms with Crippen LogP contribution in [0.2, 0.25) is 0 Å². The van der Waals surface area contributed by atoms with Gasteiger partial charge in [-0.25, -0.2) is 13.1 Å². The highest BCUT2D eigenvalue weighted by molar-refractivity contribution is 7.89. The van der Waals surface area contributed by atoms with Crippen LogP contribution in [-0.2, 0) is 23.1 Å². The fourth-order valence-electron chi connectivity index (χ4n) is 1.83. The summed E-state index contributed by atoms with van der Waals surface area (Å²) in [5.74, 6) is 0.457. The standard InChI is InChI=1S/C14H23NO3S/c1-4-12-5-6-14(9-13(12)10-16)19(17,18)15-8-7-11(2)3/h5-6,9,11,15-16H,4,7-8,10H2,1-3H3. The molecule has 0 radical (unpaired) electrons. The summed E-state index contributed by atoms with van der Waals surface area (Å²) in [4.78, 5) is 0.220. The van der Waals surface area contributed by atoms with Crippen LogP contribution in [0.15, 0.2) is 23.1 Å². The van der Waals surface area contributed by atoms with Crippen molar-refractivity contribution in [1.29, 1.82) is 0 Å². The number of hydrogen-bond donors (Lipinski definition) is 2. The van der Waals surface area contributed by atoms with Crippen LogP contribution in [0.4, 0.5) is 0 Å². The fourth-order valence-corrected chi connectivity index (χ4v) is 2.92. The minimum absolute atomic E-state index is 0.140. The summed E-state index contributed by atoms with van der Waals surface area (Å²) in [5.41, 5.74) is 1.65. The summed E-state index contributed by atoms with van der Waals surface area (Å²) in [6.45, 7) is 6.37. The van der Waals surface area contributed by atoms with E-state index in [1.165, 1.54) is 0 Å². The number of rotatable bonds is 7. The highest BCUT2D eigenvalue weighted by Crippen LogP contribution is 2.17. The number of aliphatic hydroxyl groups excluding tert-OH is 1. The van der Waals surface area contributed by atoms with Gasteiger partial charge in [0.1, 0.15) is 0 Å². The first kappa shape index (κ1) is 16.1. The third-order valence-corrected chi connectivity index (χ3v) is 4.51. The Bertz CT molecular complexity index is 509. The van der Waals surface area contributed by atoms with Gasteiger partial charge in [0.2, 0.25) is 10.0 Å². The molecule has 0 aliphatic carbocycles. The van der Waals surface area contributed by atoms with Crippen molar-refractivity contribution in [2.75, 3.05) is 6.54 Å². The van der Waals surface area contributed by atoms with Crippen molar-refractivity contribution in [1.82, 2.24) is 4.72 Å². The van der Waals surface area contributed by atoms with E-state index in [0.717, 1.165) is 18.4 Å². The lowest BCUT2D eigenvalue weighted by molar-refractivity contribution is 0.280. The van der Waals surface area contributed by atoms with E-state index in [-0.39, 0.29) is 11.5 Å². The third kappa shape index (κ3) is 4.60. The van der Waals surface area contributed by atoms with Crippen LogP contribution in [0, 0.1) is 5.92 Å². The van der Waals surface area contributed by atoms with Gasteiger partial charge in [-0.2, -0.15) is 0 Å². The van der Waals surface area contributed by atoms with Crippen molar-refractivity contribution in [3.8, 4) is 0 Å². The predicted octanol–water partition coefficient (Wildman–Crippen LogP) is 2.07. The van der Waals surface area contributed by atoms with E-state index in [4.69, 9.17) is 0 Å². The molecule has 0 aromatic heterocycles. The smallest absolute Gasteiger partial charge is 0.240 e. The van der Waals surface area contributed by atoms with Gasteiger partial charge in [0.25, 0.3) is 0 Å². The molecule has 0 spiro atoms. The van der Waals surface area contributed by atoms with Crippen molar-refractivity contribution >= 4 is 10.0 Å². The monoisotopic (exact) mass is 285 g/mol.